The third-order valence-electron chi connectivity index (χ3n) is 5.57. The Bertz CT molecular complexity index is 784. The topological polar surface area (TPSA) is 53.1 Å². The lowest BCUT2D eigenvalue weighted by Gasteiger charge is -2.42. The number of nitrogens with zero attached hydrogens (tertiary/aromatic N) is 3. The number of benzene rings is 1. The minimum atomic E-state index is -4.43. The van der Waals surface area contributed by atoms with Crippen molar-refractivity contribution in [3.05, 3.63) is 35.4 Å². The Morgan fingerprint density at radius 2 is 1.87 bits per heavy atom. The normalized spacial score (nSPS) is 22.3. The lowest BCUT2D eigenvalue weighted by atomic mass is 9.97. The molecule has 3 amide bonds. The van der Waals surface area contributed by atoms with Gasteiger partial charge in [0.15, 0.2) is 0 Å². The van der Waals surface area contributed by atoms with E-state index in [9.17, 15) is 22.8 Å². The van der Waals surface area contributed by atoms with Crippen LogP contribution >= 0.6 is 0 Å². The quantitative estimate of drug-likeness (QED) is 0.672. The van der Waals surface area contributed by atoms with Gasteiger partial charge in [-0.3, -0.25) is 4.79 Å². The highest BCUT2D eigenvalue weighted by molar-refractivity contribution is 5.90. The van der Waals surface area contributed by atoms with Crippen molar-refractivity contribution in [1.29, 1.82) is 0 Å². The van der Waals surface area contributed by atoms with Gasteiger partial charge in [-0.1, -0.05) is 26.0 Å². The number of amides is 3. The zero-order chi connectivity index (χ0) is 22.1. The van der Waals surface area contributed by atoms with E-state index in [0.717, 1.165) is 12.1 Å². The van der Waals surface area contributed by atoms with E-state index >= 15 is 0 Å². The molecule has 0 unspecified atom stereocenters. The molecule has 2 fully saturated rings. The molecule has 166 valence electrons. The fraction of sp³-hybridized carbons (Fsp3) is 0.619. The maximum atomic E-state index is 13.1. The molecule has 2 heterocycles. The van der Waals surface area contributed by atoms with Crippen LogP contribution in [0, 0.1) is 5.92 Å². The molecule has 0 aliphatic carbocycles. The molecule has 9 heteroatoms. The predicted molar refractivity (Wildman–Crippen MR) is 105 cm³/mol. The average molecular weight is 427 g/mol. The van der Waals surface area contributed by atoms with Crippen molar-refractivity contribution in [2.45, 2.75) is 45.1 Å². The van der Waals surface area contributed by atoms with Gasteiger partial charge in [-0.25, -0.2) is 4.79 Å². The number of halogens is 3. The number of fused-ring (bicyclic) bond motifs is 1. The standard InChI is InChI=1S/C21H28F3N3O3/c1-14(2)9-18-19(28)25(7-8-30-3)12-17-13-26(20(29)27(17)18)11-15-5-4-6-16(10-15)21(22,23)24/h4-6,10,14,17-18H,7-9,11-13H2,1-3H3/t17-,18+/m1/s1. The molecule has 6 nitrogen and oxygen atoms in total. The highest BCUT2D eigenvalue weighted by Crippen LogP contribution is 2.32. The van der Waals surface area contributed by atoms with E-state index in [2.05, 4.69) is 0 Å². The number of alkyl halides is 3. The van der Waals surface area contributed by atoms with Gasteiger partial charge in [-0.2, -0.15) is 13.2 Å². The van der Waals surface area contributed by atoms with E-state index in [0.29, 0.717) is 38.2 Å². The van der Waals surface area contributed by atoms with Crippen LogP contribution in [0.4, 0.5) is 18.0 Å². The molecule has 2 saturated heterocycles. The van der Waals surface area contributed by atoms with Crippen LogP contribution in [-0.4, -0.2) is 72.1 Å². The molecule has 0 radical (unpaired) electrons. The number of rotatable bonds is 7. The summed E-state index contributed by atoms with van der Waals surface area (Å²) < 4.78 is 44.2. The molecule has 0 bridgehead atoms. The number of carbonyl (C=O) groups is 2. The van der Waals surface area contributed by atoms with Crippen LogP contribution in [0.2, 0.25) is 0 Å². The Morgan fingerprint density at radius 3 is 2.50 bits per heavy atom. The number of urea groups is 1. The second-order valence-electron chi connectivity index (χ2n) is 8.34. The van der Waals surface area contributed by atoms with Crippen molar-refractivity contribution in [2.75, 3.05) is 33.4 Å². The summed E-state index contributed by atoms with van der Waals surface area (Å²) in [5.74, 6) is 0.124. The summed E-state index contributed by atoms with van der Waals surface area (Å²) in [6, 6.07) is 4.00. The third kappa shape index (κ3) is 4.71. The first-order chi connectivity index (χ1) is 14.1. The first-order valence-corrected chi connectivity index (χ1v) is 10.1. The zero-order valence-corrected chi connectivity index (χ0v) is 17.5. The molecule has 0 aromatic heterocycles. The lowest BCUT2D eigenvalue weighted by Crippen LogP contribution is -2.61. The van der Waals surface area contributed by atoms with Crippen LogP contribution < -0.4 is 0 Å². The molecule has 2 atom stereocenters. The van der Waals surface area contributed by atoms with Crippen molar-refractivity contribution in [3.63, 3.8) is 0 Å². The van der Waals surface area contributed by atoms with Crippen molar-refractivity contribution >= 4 is 11.9 Å². The Hall–Kier alpha value is -2.29. The first kappa shape index (κ1) is 22.4. The smallest absolute Gasteiger partial charge is 0.383 e. The molecular weight excluding hydrogens is 399 g/mol. The van der Waals surface area contributed by atoms with E-state index in [1.807, 2.05) is 13.8 Å². The monoisotopic (exact) mass is 427 g/mol. The van der Waals surface area contributed by atoms with Crippen LogP contribution in [0.5, 0.6) is 0 Å². The molecule has 2 aliphatic heterocycles. The van der Waals surface area contributed by atoms with E-state index in [1.54, 1.807) is 27.9 Å². The maximum absolute atomic E-state index is 13.1. The van der Waals surface area contributed by atoms with Crippen molar-refractivity contribution < 1.29 is 27.5 Å². The highest BCUT2D eigenvalue weighted by Gasteiger charge is 2.49. The molecule has 0 N–H and O–H groups in total. The number of piperazine rings is 1. The van der Waals surface area contributed by atoms with Gasteiger partial charge in [0, 0.05) is 33.3 Å². The second kappa shape index (κ2) is 8.83. The fourth-order valence-electron chi connectivity index (χ4n) is 4.21. The van der Waals surface area contributed by atoms with Crippen LogP contribution in [0.1, 0.15) is 31.4 Å². The molecule has 2 aliphatic rings. The van der Waals surface area contributed by atoms with Gasteiger partial charge in [0.05, 0.1) is 18.2 Å². The van der Waals surface area contributed by atoms with E-state index in [1.165, 1.54) is 6.07 Å². The number of ether oxygens (including phenoxy) is 1. The number of carbonyl (C=O) groups excluding carboxylic acids is 2. The average Bonchev–Trinajstić information content (AvgIpc) is 2.97. The van der Waals surface area contributed by atoms with Crippen LogP contribution in [0.25, 0.3) is 0 Å². The molecular formula is C21H28F3N3O3. The summed E-state index contributed by atoms with van der Waals surface area (Å²) >= 11 is 0. The number of hydrogen-bond donors (Lipinski definition) is 0. The Kier molecular flexibility index (Phi) is 6.59. The Labute approximate surface area is 174 Å². The molecule has 1 aromatic carbocycles. The summed E-state index contributed by atoms with van der Waals surface area (Å²) in [5.41, 5.74) is -0.316. The van der Waals surface area contributed by atoms with Gasteiger partial charge in [-0.15, -0.1) is 0 Å². The van der Waals surface area contributed by atoms with Crippen molar-refractivity contribution in [3.8, 4) is 0 Å². The summed E-state index contributed by atoms with van der Waals surface area (Å²) in [5, 5.41) is 0. The van der Waals surface area contributed by atoms with Crippen LogP contribution in [0.3, 0.4) is 0 Å². The fourth-order valence-corrected chi connectivity index (χ4v) is 4.21. The molecule has 0 saturated carbocycles. The van der Waals surface area contributed by atoms with E-state index in [4.69, 9.17) is 4.74 Å². The van der Waals surface area contributed by atoms with Gasteiger partial charge < -0.3 is 19.4 Å². The maximum Gasteiger partial charge on any atom is 0.416 e. The molecule has 1 aromatic rings. The SMILES string of the molecule is COCCN1C[C@@H]2CN(Cc3cccc(C(F)(F)F)c3)C(=O)N2[C@@H](CC(C)C)C1=O. The molecule has 30 heavy (non-hydrogen) atoms. The van der Waals surface area contributed by atoms with Crippen LogP contribution in [0.15, 0.2) is 24.3 Å². The minimum absolute atomic E-state index is 0.0798. The summed E-state index contributed by atoms with van der Waals surface area (Å²) in [6.45, 7) is 5.72. The largest absolute Gasteiger partial charge is 0.416 e. The molecule has 3 rings (SSSR count). The summed E-state index contributed by atoms with van der Waals surface area (Å²) in [7, 11) is 1.57. The van der Waals surface area contributed by atoms with Crippen molar-refractivity contribution in [2.24, 2.45) is 5.92 Å². The van der Waals surface area contributed by atoms with E-state index in [-0.39, 0.29) is 30.4 Å². The Morgan fingerprint density at radius 1 is 1.17 bits per heavy atom. The van der Waals surface area contributed by atoms with Gasteiger partial charge in [0.2, 0.25) is 5.91 Å². The van der Waals surface area contributed by atoms with Gasteiger partial charge >= 0.3 is 12.2 Å². The molecule has 0 spiro atoms. The van der Waals surface area contributed by atoms with Crippen molar-refractivity contribution in [1.82, 2.24) is 14.7 Å². The first-order valence-electron chi connectivity index (χ1n) is 10.1. The van der Waals surface area contributed by atoms with Crippen LogP contribution in [-0.2, 0) is 22.3 Å². The zero-order valence-electron chi connectivity index (χ0n) is 17.5. The highest BCUT2D eigenvalue weighted by atomic mass is 19.4. The Balaban J connectivity index is 1.80. The van der Waals surface area contributed by atoms with Gasteiger partial charge in [-0.05, 0) is 30.0 Å². The number of methoxy groups -OCH3 is 1. The lowest BCUT2D eigenvalue weighted by molar-refractivity contribution is -0.143. The number of hydrogen-bond acceptors (Lipinski definition) is 3. The summed E-state index contributed by atoms with van der Waals surface area (Å²) in [4.78, 5) is 31.0. The third-order valence-corrected chi connectivity index (χ3v) is 5.57. The van der Waals surface area contributed by atoms with E-state index < -0.39 is 17.8 Å². The second-order valence-corrected chi connectivity index (χ2v) is 8.34. The van der Waals surface area contributed by atoms with Gasteiger partial charge in [0.1, 0.15) is 6.04 Å². The minimum Gasteiger partial charge on any atom is -0.383 e. The van der Waals surface area contributed by atoms with Gasteiger partial charge in [0.25, 0.3) is 0 Å². The summed E-state index contributed by atoms with van der Waals surface area (Å²) in [6.07, 6.45) is -3.89. The predicted octanol–water partition coefficient (Wildman–Crippen LogP) is 3.21.